The summed E-state index contributed by atoms with van der Waals surface area (Å²) in [5.74, 6) is 5.29. The number of aryl methyl sites for hydroxylation is 1. The van der Waals surface area contributed by atoms with Crippen LogP contribution in [0.25, 0.3) is 0 Å². The smallest absolute Gasteiger partial charge is 0.328 e. The fourth-order valence-electron chi connectivity index (χ4n) is 2.03. The van der Waals surface area contributed by atoms with Crippen LogP contribution in [-0.2, 0) is 6.54 Å². The van der Waals surface area contributed by atoms with E-state index in [2.05, 4.69) is 0 Å². The summed E-state index contributed by atoms with van der Waals surface area (Å²) in [6, 6.07) is 1.82. The van der Waals surface area contributed by atoms with Crippen molar-refractivity contribution in [1.82, 2.24) is 14.6 Å². The molecule has 0 saturated carbocycles. The largest absolute Gasteiger partial charge is 0.454 e. The molecule has 2 heterocycles. The van der Waals surface area contributed by atoms with E-state index in [0.717, 1.165) is 0 Å². The molecule has 7 nitrogen and oxygen atoms in total. The van der Waals surface area contributed by atoms with Crippen LogP contribution in [0.4, 0.5) is 0 Å². The Morgan fingerprint density at radius 1 is 1.45 bits per heavy atom. The molecule has 20 heavy (non-hydrogen) atoms. The van der Waals surface area contributed by atoms with Crippen LogP contribution in [0.2, 0.25) is 0 Å². The molecule has 0 fully saturated rings. The van der Waals surface area contributed by atoms with Gasteiger partial charge in [0, 0.05) is 24.0 Å². The van der Waals surface area contributed by atoms with Crippen molar-refractivity contribution in [1.29, 1.82) is 0 Å². The van der Waals surface area contributed by atoms with E-state index in [4.69, 9.17) is 10.3 Å². The summed E-state index contributed by atoms with van der Waals surface area (Å²) in [6.07, 6.45) is 3.43. The van der Waals surface area contributed by atoms with Gasteiger partial charge in [-0.1, -0.05) is 0 Å². The molecule has 3 N–H and O–H groups in total. The van der Waals surface area contributed by atoms with Crippen LogP contribution in [0.3, 0.4) is 0 Å². The number of furan rings is 1. The number of rotatable bonds is 4. The number of nitrogens with one attached hydrogen (secondary N) is 1. The first kappa shape index (κ1) is 14.1. The van der Waals surface area contributed by atoms with E-state index in [1.54, 1.807) is 30.0 Å². The van der Waals surface area contributed by atoms with Gasteiger partial charge in [-0.15, -0.1) is 0 Å². The second-order valence-electron chi connectivity index (χ2n) is 4.91. The number of hydrazine groups is 1. The molecule has 108 valence electrons. The highest BCUT2D eigenvalue weighted by Gasteiger charge is 2.15. The molecular weight excluding hydrogens is 260 g/mol. The average Bonchev–Trinajstić information content (AvgIpc) is 2.93. The molecule has 0 aliphatic rings. The van der Waals surface area contributed by atoms with Gasteiger partial charge in [0.1, 0.15) is 5.76 Å². The first-order valence-electron chi connectivity index (χ1n) is 6.31. The van der Waals surface area contributed by atoms with Gasteiger partial charge in [-0.2, -0.15) is 0 Å². The van der Waals surface area contributed by atoms with Crippen molar-refractivity contribution in [2.24, 2.45) is 5.84 Å². The van der Waals surface area contributed by atoms with E-state index in [9.17, 15) is 9.59 Å². The lowest BCUT2D eigenvalue weighted by atomic mass is 10.2. The first-order valence-corrected chi connectivity index (χ1v) is 6.31. The number of hydrogen-bond acceptors (Lipinski definition) is 4. The van der Waals surface area contributed by atoms with Gasteiger partial charge in [-0.25, -0.2) is 10.6 Å². The summed E-state index contributed by atoms with van der Waals surface area (Å²) in [6.45, 7) is 5.90. The van der Waals surface area contributed by atoms with Crippen molar-refractivity contribution >= 4 is 5.91 Å². The molecule has 0 aliphatic heterocycles. The van der Waals surface area contributed by atoms with Gasteiger partial charge >= 0.3 is 11.6 Å². The highest BCUT2D eigenvalue weighted by Crippen LogP contribution is 2.15. The molecule has 7 heteroatoms. The summed E-state index contributed by atoms with van der Waals surface area (Å²) >= 11 is 0. The monoisotopic (exact) mass is 278 g/mol. The number of nitrogen functional groups attached to an aromatic ring is 1. The molecule has 1 amide bonds. The van der Waals surface area contributed by atoms with Crippen LogP contribution >= 0.6 is 0 Å². The summed E-state index contributed by atoms with van der Waals surface area (Å²) in [5, 5.41) is 0. The van der Waals surface area contributed by atoms with E-state index in [1.807, 2.05) is 19.3 Å². The standard InChI is InChI=1S/C13H18N4O3/c1-8(2)17-5-4-16(13(17)19)7-10-6-9(3)11(20-10)12(18)15-14/h4-6,8H,7,14H2,1-3H3,(H,15,18). The van der Waals surface area contributed by atoms with Gasteiger partial charge < -0.3 is 4.42 Å². The molecule has 2 aromatic rings. The number of nitrogens with two attached hydrogens (primary N) is 1. The van der Waals surface area contributed by atoms with Crippen LogP contribution in [0.1, 0.15) is 41.8 Å². The fourth-order valence-corrected chi connectivity index (χ4v) is 2.03. The highest BCUT2D eigenvalue weighted by molar-refractivity contribution is 5.92. The second kappa shape index (κ2) is 5.38. The number of carbonyl (C=O) groups is 1. The molecule has 0 spiro atoms. The lowest BCUT2D eigenvalue weighted by Gasteiger charge is -2.04. The number of hydrogen-bond donors (Lipinski definition) is 2. The van der Waals surface area contributed by atoms with E-state index in [1.165, 1.54) is 4.57 Å². The third kappa shape index (κ3) is 2.53. The van der Waals surface area contributed by atoms with Crippen LogP contribution < -0.4 is 17.0 Å². The van der Waals surface area contributed by atoms with Crippen molar-refractivity contribution in [3.63, 3.8) is 0 Å². The Balaban J connectivity index is 2.27. The molecule has 0 unspecified atom stereocenters. The molecule has 2 rings (SSSR count). The Morgan fingerprint density at radius 2 is 2.15 bits per heavy atom. The molecule has 0 radical (unpaired) electrons. The number of nitrogens with zero attached hydrogens (tertiary/aromatic N) is 2. The van der Waals surface area contributed by atoms with Gasteiger partial charge in [0.05, 0.1) is 6.54 Å². The zero-order chi connectivity index (χ0) is 14.9. The van der Waals surface area contributed by atoms with Gasteiger partial charge in [-0.05, 0) is 26.8 Å². The second-order valence-corrected chi connectivity index (χ2v) is 4.91. The van der Waals surface area contributed by atoms with Gasteiger partial charge in [0.2, 0.25) is 0 Å². The van der Waals surface area contributed by atoms with Crippen molar-refractivity contribution in [3.05, 3.63) is 46.0 Å². The molecule has 0 atom stereocenters. The molecule has 0 bridgehead atoms. The van der Waals surface area contributed by atoms with Crippen molar-refractivity contribution < 1.29 is 9.21 Å². The van der Waals surface area contributed by atoms with E-state index in [-0.39, 0.29) is 24.0 Å². The molecule has 2 aromatic heterocycles. The minimum atomic E-state index is -0.485. The van der Waals surface area contributed by atoms with Crippen molar-refractivity contribution in [3.8, 4) is 0 Å². The third-order valence-corrected chi connectivity index (χ3v) is 3.06. The Labute approximate surface area is 116 Å². The Morgan fingerprint density at radius 3 is 2.70 bits per heavy atom. The average molecular weight is 278 g/mol. The van der Waals surface area contributed by atoms with Crippen LogP contribution in [0.5, 0.6) is 0 Å². The summed E-state index contributed by atoms with van der Waals surface area (Å²) < 4.78 is 8.59. The Bertz CT molecular complexity index is 678. The SMILES string of the molecule is Cc1cc(Cn2ccn(C(C)C)c2=O)oc1C(=O)NN. The molecule has 0 saturated heterocycles. The van der Waals surface area contributed by atoms with E-state index in [0.29, 0.717) is 11.3 Å². The van der Waals surface area contributed by atoms with Gasteiger partial charge in [-0.3, -0.25) is 19.4 Å². The van der Waals surface area contributed by atoms with E-state index < -0.39 is 5.91 Å². The van der Waals surface area contributed by atoms with Crippen molar-refractivity contribution in [2.75, 3.05) is 0 Å². The zero-order valence-electron chi connectivity index (χ0n) is 11.7. The fraction of sp³-hybridized carbons (Fsp3) is 0.385. The summed E-state index contributed by atoms with van der Waals surface area (Å²) in [4.78, 5) is 23.5. The maximum atomic E-state index is 12.1. The number of carbonyl (C=O) groups excluding carboxylic acids is 1. The predicted octanol–water partition coefficient (Wildman–Crippen LogP) is 0.784. The summed E-state index contributed by atoms with van der Waals surface area (Å²) in [7, 11) is 0. The quantitative estimate of drug-likeness (QED) is 0.491. The number of amides is 1. The van der Waals surface area contributed by atoms with Gasteiger partial charge in [0.25, 0.3) is 0 Å². The molecular formula is C13H18N4O3. The minimum Gasteiger partial charge on any atom is -0.454 e. The minimum absolute atomic E-state index is 0.0978. The lowest BCUT2D eigenvalue weighted by molar-refractivity contribution is 0.0923. The number of aromatic nitrogens is 2. The maximum Gasteiger partial charge on any atom is 0.328 e. The summed E-state index contributed by atoms with van der Waals surface area (Å²) in [5.41, 5.74) is 2.59. The van der Waals surface area contributed by atoms with Crippen LogP contribution in [-0.4, -0.2) is 15.0 Å². The van der Waals surface area contributed by atoms with Crippen LogP contribution in [0.15, 0.2) is 27.7 Å². The topological polar surface area (TPSA) is 95.2 Å². The normalized spacial score (nSPS) is 11.1. The Kier molecular flexibility index (Phi) is 3.80. The van der Waals surface area contributed by atoms with Gasteiger partial charge in [0.15, 0.2) is 5.76 Å². The highest BCUT2D eigenvalue weighted by atomic mass is 16.4. The Hall–Kier alpha value is -2.28. The third-order valence-electron chi connectivity index (χ3n) is 3.06. The van der Waals surface area contributed by atoms with E-state index >= 15 is 0 Å². The van der Waals surface area contributed by atoms with Crippen LogP contribution in [0, 0.1) is 6.92 Å². The molecule has 0 aromatic carbocycles. The van der Waals surface area contributed by atoms with Crippen molar-refractivity contribution in [2.45, 2.75) is 33.4 Å². The lowest BCUT2D eigenvalue weighted by Crippen LogP contribution is -2.30. The molecule has 0 aliphatic carbocycles. The zero-order valence-corrected chi connectivity index (χ0v) is 11.7. The predicted molar refractivity (Wildman–Crippen MR) is 73.3 cm³/mol. The maximum absolute atomic E-state index is 12.1. The first-order chi connectivity index (χ1) is 9.43. The number of imidazole rings is 1.